The highest BCUT2D eigenvalue weighted by atomic mass is 16.3. The minimum absolute atomic E-state index is 0.136. The van der Waals surface area contributed by atoms with Gasteiger partial charge in [0.25, 0.3) is 11.8 Å². The highest BCUT2D eigenvalue weighted by Gasteiger charge is 2.15. The zero-order chi connectivity index (χ0) is 31.0. The summed E-state index contributed by atoms with van der Waals surface area (Å²) in [5.74, 6) is 0.440. The fraction of sp³-hybridized carbons (Fsp3) is 0.294. The maximum atomic E-state index is 12.6. The molecule has 0 saturated heterocycles. The normalized spacial score (nSPS) is 10.6. The van der Waals surface area contributed by atoms with Gasteiger partial charge in [0, 0.05) is 12.8 Å². The van der Waals surface area contributed by atoms with Gasteiger partial charge in [-0.2, -0.15) is 0 Å². The first-order valence-corrected chi connectivity index (χ1v) is 14.9. The molecule has 4 rings (SSSR count). The molecule has 2 heterocycles. The number of para-hydroxylation sites is 2. The van der Waals surface area contributed by atoms with Crippen molar-refractivity contribution in [1.29, 1.82) is 0 Å². The quantitative estimate of drug-likeness (QED) is 0.103. The molecule has 44 heavy (non-hydrogen) atoms. The van der Waals surface area contributed by atoms with Gasteiger partial charge in [0.05, 0.1) is 48.1 Å². The molecule has 10 heteroatoms. The molecule has 0 fully saturated rings. The van der Waals surface area contributed by atoms with Crippen LogP contribution in [0.1, 0.15) is 83.6 Å². The van der Waals surface area contributed by atoms with Crippen LogP contribution in [0.2, 0.25) is 0 Å². The van der Waals surface area contributed by atoms with Gasteiger partial charge >= 0.3 is 0 Å². The summed E-state index contributed by atoms with van der Waals surface area (Å²) < 4.78 is 10.5. The maximum absolute atomic E-state index is 12.6. The molecule has 0 saturated carbocycles. The first-order chi connectivity index (χ1) is 21.5. The second-order valence-electron chi connectivity index (χ2n) is 10.3. The van der Waals surface area contributed by atoms with Gasteiger partial charge in [-0.25, -0.2) is 0 Å². The number of nitrogens with one attached hydrogen (secondary N) is 4. The van der Waals surface area contributed by atoms with Gasteiger partial charge in [-0.05, 0) is 61.4 Å². The molecule has 0 atom stereocenters. The molecular weight excluding hydrogens is 560 g/mol. The van der Waals surface area contributed by atoms with Crippen molar-refractivity contribution in [1.82, 2.24) is 10.6 Å². The van der Waals surface area contributed by atoms with Crippen molar-refractivity contribution in [2.45, 2.75) is 64.5 Å². The van der Waals surface area contributed by atoms with Crippen molar-refractivity contribution in [3.8, 4) is 0 Å². The van der Waals surface area contributed by atoms with Gasteiger partial charge in [0.2, 0.25) is 11.8 Å². The highest BCUT2D eigenvalue weighted by Crippen LogP contribution is 2.18. The van der Waals surface area contributed by atoms with E-state index < -0.39 is 0 Å². The lowest BCUT2D eigenvalue weighted by atomic mass is 10.1. The first kappa shape index (κ1) is 31.8. The maximum Gasteiger partial charge on any atom is 0.253 e. The van der Waals surface area contributed by atoms with E-state index >= 15 is 0 Å². The smallest absolute Gasteiger partial charge is 0.253 e. The van der Waals surface area contributed by atoms with Crippen LogP contribution in [-0.4, -0.2) is 23.6 Å². The average molecular weight is 599 g/mol. The molecule has 2 aromatic carbocycles. The molecule has 4 amide bonds. The number of benzene rings is 2. The number of furan rings is 2. The Morgan fingerprint density at radius 2 is 0.909 bits per heavy atom. The minimum atomic E-state index is -0.290. The van der Waals surface area contributed by atoms with Crippen LogP contribution >= 0.6 is 0 Å². The lowest BCUT2D eigenvalue weighted by Crippen LogP contribution is -2.24. The van der Waals surface area contributed by atoms with Gasteiger partial charge in [-0.1, -0.05) is 49.9 Å². The Labute approximate surface area is 256 Å². The van der Waals surface area contributed by atoms with Crippen LogP contribution in [0.25, 0.3) is 0 Å². The van der Waals surface area contributed by atoms with E-state index in [2.05, 4.69) is 21.3 Å². The summed E-state index contributed by atoms with van der Waals surface area (Å²) in [5, 5.41) is 11.3. The minimum Gasteiger partial charge on any atom is -0.467 e. The summed E-state index contributed by atoms with van der Waals surface area (Å²) in [5.41, 5.74) is 1.75. The molecule has 0 aliphatic heterocycles. The Balaban J connectivity index is 1.08. The van der Waals surface area contributed by atoms with Gasteiger partial charge in [-0.15, -0.1) is 0 Å². The summed E-state index contributed by atoms with van der Waals surface area (Å²) in [6.45, 7) is 0.526. The molecule has 230 valence electrons. The van der Waals surface area contributed by atoms with Crippen LogP contribution in [0.15, 0.2) is 94.2 Å². The summed E-state index contributed by atoms with van der Waals surface area (Å²) in [4.78, 5) is 50.3. The predicted molar refractivity (Wildman–Crippen MR) is 167 cm³/mol. The van der Waals surface area contributed by atoms with E-state index in [9.17, 15) is 19.2 Å². The number of hydrogen-bond donors (Lipinski definition) is 4. The molecule has 10 nitrogen and oxygen atoms in total. The highest BCUT2D eigenvalue weighted by molar-refractivity contribution is 6.04. The summed E-state index contributed by atoms with van der Waals surface area (Å²) in [7, 11) is 0. The van der Waals surface area contributed by atoms with Crippen LogP contribution in [0.3, 0.4) is 0 Å². The van der Waals surface area contributed by atoms with Crippen molar-refractivity contribution < 1.29 is 28.0 Å². The monoisotopic (exact) mass is 598 g/mol. The standard InChI is InChI=1S/C34H38N4O6/c39-31(37-29-17-9-7-15-27(29)33(41)35-23-25-13-11-21-43-25)19-5-3-1-2-4-6-20-32(40)38-30-18-10-8-16-28(30)34(42)36-24-26-14-12-22-44-26/h7-18,21-22H,1-6,19-20,23-24H2,(H,35,41)(H,36,42)(H,37,39)(H,38,40). The van der Waals surface area contributed by atoms with Crippen molar-refractivity contribution in [3.05, 3.63) is 108 Å². The van der Waals surface area contributed by atoms with E-state index in [0.717, 1.165) is 38.5 Å². The zero-order valence-electron chi connectivity index (χ0n) is 24.6. The van der Waals surface area contributed by atoms with E-state index in [1.165, 1.54) is 0 Å². The molecule has 0 aliphatic rings. The van der Waals surface area contributed by atoms with Crippen molar-refractivity contribution in [2.75, 3.05) is 10.6 Å². The Morgan fingerprint density at radius 3 is 1.32 bits per heavy atom. The number of carbonyl (C=O) groups is 4. The molecule has 0 spiro atoms. The number of rotatable bonds is 17. The van der Waals surface area contributed by atoms with Crippen LogP contribution < -0.4 is 21.3 Å². The van der Waals surface area contributed by atoms with Crippen molar-refractivity contribution in [2.24, 2.45) is 0 Å². The van der Waals surface area contributed by atoms with Gasteiger partial charge in [0.15, 0.2) is 0 Å². The molecule has 4 N–H and O–H groups in total. The topological polar surface area (TPSA) is 143 Å². The Kier molecular flexibility index (Phi) is 12.4. The van der Waals surface area contributed by atoms with Gasteiger partial charge in [0.1, 0.15) is 11.5 Å². The van der Waals surface area contributed by atoms with Gasteiger partial charge < -0.3 is 30.1 Å². The number of carbonyl (C=O) groups excluding carboxylic acids is 4. The molecule has 0 radical (unpaired) electrons. The van der Waals surface area contributed by atoms with Crippen LogP contribution in [0, 0.1) is 0 Å². The molecule has 0 unspecified atom stereocenters. The molecule has 2 aromatic heterocycles. The third-order valence-electron chi connectivity index (χ3n) is 6.96. The van der Waals surface area contributed by atoms with Crippen molar-refractivity contribution in [3.63, 3.8) is 0 Å². The lowest BCUT2D eigenvalue weighted by molar-refractivity contribution is -0.117. The van der Waals surface area contributed by atoms with E-state index in [1.54, 1.807) is 85.3 Å². The van der Waals surface area contributed by atoms with E-state index in [0.29, 0.717) is 46.9 Å². The largest absolute Gasteiger partial charge is 0.467 e. The SMILES string of the molecule is O=C(CCCCCCCCC(=O)Nc1ccccc1C(=O)NCc1ccco1)Nc1ccccc1C(=O)NCc1ccco1. The van der Waals surface area contributed by atoms with Crippen molar-refractivity contribution >= 4 is 35.0 Å². The zero-order valence-corrected chi connectivity index (χ0v) is 24.6. The number of anilines is 2. The lowest BCUT2D eigenvalue weighted by Gasteiger charge is -2.11. The number of unbranched alkanes of at least 4 members (excludes halogenated alkanes) is 5. The third-order valence-corrected chi connectivity index (χ3v) is 6.96. The first-order valence-electron chi connectivity index (χ1n) is 14.9. The summed E-state index contributed by atoms with van der Waals surface area (Å²) >= 11 is 0. The third kappa shape index (κ3) is 10.3. The second-order valence-corrected chi connectivity index (χ2v) is 10.3. The molecule has 0 aliphatic carbocycles. The van der Waals surface area contributed by atoms with Crippen LogP contribution in [0.4, 0.5) is 11.4 Å². The Morgan fingerprint density at radius 1 is 0.500 bits per heavy atom. The van der Waals surface area contributed by atoms with Crippen LogP contribution in [-0.2, 0) is 22.7 Å². The Hall–Kier alpha value is -5.12. The van der Waals surface area contributed by atoms with Gasteiger partial charge in [-0.3, -0.25) is 19.2 Å². The predicted octanol–water partition coefficient (Wildman–Crippen LogP) is 6.43. The summed E-state index contributed by atoms with van der Waals surface area (Å²) in [6, 6.07) is 20.9. The fourth-order valence-electron chi connectivity index (χ4n) is 4.64. The fourth-order valence-corrected chi connectivity index (χ4v) is 4.64. The number of hydrogen-bond acceptors (Lipinski definition) is 6. The Bertz CT molecular complexity index is 1380. The second kappa shape index (κ2) is 17.1. The van der Waals surface area contributed by atoms with Crippen LogP contribution in [0.5, 0.6) is 0 Å². The molecule has 4 aromatic rings. The van der Waals surface area contributed by atoms with E-state index in [-0.39, 0.29) is 36.7 Å². The van der Waals surface area contributed by atoms with E-state index in [4.69, 9.17) is 8.83 Å². The average Bonchev–Trinajstić information content (AvgIpc) is 3.75. The molecule has 0 bridgehead atoms. The van der Waals surface area contributed by atoms with E-state index in [1.807, 2.05) is 0 Å². The number of amides is 4. The summed E-state index contributed by atoms with van der Waals surface area (Å²) in [6.07, 6.45) is 8.99. The molecular formula is C34H38N4O6.